The van der Waals surface area contributed by atoms with E-state index in [1.54, 1.807) is 6.07 Å². The van der Waals surface area contributed by atoms with Gasteiger partial charge in [0.15, 0.2) is 5.82 Å². The molecular weight excluding hydrogens is 159 g/mol. The van der Waals surface area contributed by atoms with Crippen LogP contribution in [0.4, 0.5) is 4.39 Å². The van der Waals surface area contributed by atoms with E-state index in [0.29, 0.717) is 11.4 Å². The van der Waals surface area contributed by atoms with Gasteiger partial charge in [0.2, 0.25) is 0 Å². The van der Waals surface area contributed by atoms with Gasteiger partial charge in [0.25, 0.3) is 0 Å². The fourth-order valence-corrected chi connectivity index (χ4v) is 0.835. The molecule has 4 nitrogen and oxygen atoms in total. The first kappa shape index (κ1) is 6.90. The van der Waals surface area contributed by atoms with E-state index in [0.717, 1.165) is 0 Å². The van der Waals surface area contributed by atoms with Crippen LogP contribution in [0.15, 0.2) is 18.2 Å². The molecule has 12 heavy (non-hydrogen) atoms. The van der Waals surface area contributed by atoms with Gasteiger partial charge in [-0.2, -0.15) is 0 Å². The van der Waals surface area contributed by atoms with Gasteiger partial charge in [0.1, 0.15) is 5.82 Å². The maximum atomic E-state index is 12.4. The van der Waals surface area contributed by atoms with Gasteiger partial charge in [-0.15, -0.1) is 5.10 Å². The molecule has 1 radical (unpaired) electrons. The summed E-state index contributed by atoms with van der Waals surface area (Å²) in [5.41, 5.74) is 0.710. The average molecular weight is 163 g/mol. The van der Waals surface area contributed by atoms with Gasteiger partial charge in [0, 0.05) is 11.6 Å². The van der Waals surface area contributed by atoms with Gasteiger partial charge in [-0.3, -0.25) is 0 Å². The highest BCUT2D eigenvalue weighted by molar-refractivity contribution is 5.52. The highest BCUT2D eigenvalue weighted by Crippen LogP contribution is 2.12. The molecule has 0 atom stereocenters. The average Bonchev–Trinajstić information content (AvgIpc) is 2.58. The minimum Gasteiger partial charge on any atom is -0.239 e. The number of aromatic amines is 1. The van der Waals surface area contributed by atoms with Gasteiger partial charge in [-0.25, -0.2) is 9.49 Å². The van der Waals surface area contributed by atoms with Crippen LogP contribution in [0, 0.1) is 11.9 Å². The molecule has 2 aromatic rings. The lowest BCUT2D eigenvalue weighted by molar-refractivity contribution is 0.625. The Morgan fingerprint density at radius 1 is 1.42 bits per heavy atom. The minimum atomic E-state index is -0.397. The van der Waals surface area contributed by atoms with Crippen molar-refractivity contribution in [2.45, 2.75) is 0 Å². The molecule has 0 amide bonds. The summed E-state index contributed by atoms with van der Waals surface area (Å²) in [6, 6.07) is 6.77. The van der Waals surface area contributed by atoms with E-state index in [4.69, 9.17) is 0 Å². The summed E-state index contributed by atoms with van der Waals surface area (Å²) in [7, 11) is 0. The molecule has 1 aromatic carbocycles. The van der Waals surface area contributed by atoms with E-state index < -0.39 is 5.82 Å². The molecule has 0 aliphatic heterocycles. The van der Waals surface area contributed by atoms with E-state index >= 15 is 0 Å². The first-order valence-electron chi connectivity index (χ1n) is 3.27. The molecule has 0 fully saturated rings. The number of hydrogen-bond acceptors (Lipinski definition) is 3. The fraction of sp³-hybridized carbons (Fsp3) is 0. The molecule has 59 valence electrons. The van der Waals surface area contributed by atoms with Crippen LogP contribution >= 0.6 is 0 Å². The van der Waals surface area contributed by atoms with Gasteiger partial charge in [0.05, 0.1) is 0 Å². The zero-order valence-electron chi connectivity index (χ0n) is 5.95. The monoisotopic (exact) mass is 163 g/mol. The Balaban J connectivity index is 2.43. The molecule has 0 saturated carbocycles. The normalized spacial score (nSPS) is 10.1. The molecule has 2 rings (SSSR count). The number of nitrogens with zero attached hydrogens (tertiary/aromatic N) is 3. The molecule has 1 heterocycles. The third kappa shape index (κ3) is 1.16. The third-order valence-corrected chi connectivity index (χ3v) is 1.39. The molecular formula is C7H4FN4. The SMILES string of the molecule is Fc1[c]cc(-c2nnn[nH]2)cc1. The standard InChI is InChI=1S/C7H4FN4/c8-6-3-1-5(2-4-6)7-9-11-12-10-7/h1-3H,(H,9,10,11,12). The van der Waals surface area contributed by atoms with Crippen LogP contribution in [0.5, 0.6) is 0 Å². The van der Waals surface area contributed by atoms with Crippen molar-refractivity contribution in [3.8, 4) is 11.4 Å². The molecule has 0 saturated heterocycles. The smallest absolute Gasteiger partial charge is 0.179 e. The number of nitrogens with one attached hydrogen (secondary N) is 1. The maximum absolute atomic E-state index is 12.4. The molecule has 1 N–H and O–H groups in total. The van der Waals surface area contributed by atoms with Crippen LogP contribution in [0.3, 0.4) is 0 Å². The van der Waals surface area contributed by atoms with Gasteiger partial charge >= 0.3 is 0 Å². The predicted molar refractivity (Wildman–Crippen MR) is 38.4 cm³/mol. The Bertz CT molecular complexity index is 353. The zero-order valence-corrected chi connectivity index (χ0v) is 5.95. The number of H-pyrrole nitrogens is 1. The third-order valence-electron chi connectivity index (χ3n) is 1.39. The summed E-state index contributed by atoms with van der Waals surface area (Å²) in [6.07, 6.45) is 0. The predicted octanol–water partition coefficient (Wildman–Crippen LogP) is 0.806. The molecule has 0 spiro atoms. The van der Waals surface area contributed by atoms with Crippen molar-refractivity contribution < 1.29 is 4.39 Å². The lowest BCUT2D eigenvalue weighted by atomic mass is 10.2. The largest absolute Gasteiger partial charge is 0.239 e. The number of benzene rings is 1. The van der Waals surface area contributed by atoms with Gasteiger partial charge < -0.3 is 0 Å². The highest BCUT2D eigenvalue weighted by atomic mass is 19.1. The quantitative estimate of drug-likeness (QED) is 0.676. The summed E-state index contributed by atoms with van der Waals surface area (Å²) < 4.78 is 12.4. The maximum Gasteiger partial charge on any atom is 0.179 e. The number of hydrogen-bond donors (Lipinski definition) is 1. The Morgan fingerprint density at radius 2 is 2.33 bits per heavy atom. The Hall–Kier alpha value is -1.78. The topological polar surface area (TPSA) is 54.5 Å². The van der Waals surface area contributed by atoms with Crippen molar-refractivity contribution in [2.75, 3.05) is 0 Å². The lowest BCUT2D eigenvalue weighted by Gasteiger charge is -1.91. The van der Waals surface area contributed by atoms with Crippen molar-refractivity contribution >= 4 is 0 Å². The number of tetrazole rings is 1. The van der Waals surface area contributed by atoms with E-state index in [9.17, 15) is 4.39 Å². The lowest BCUT2D eigenvalue weighted by Crippen LogP contribution is -1.81. The van der Waals surface area contributed by atoms with Crippen LogP contribution in [0.25, 0.3) is 11.4 Å². The van der Waals surface area contributed by atoms with Crippen LogP contribution in [-0.4, -0.2) is 20.6 Å². The van der Waals surface area contributed by atoms with Crippen LogP contribution in [0.2, 0.25) is 0 Å². The second-order valence-corrected chi connectivity index (χ2v) is 2.18. The van der Waals surface area contributed by atoms with E-state index in [2.05, 4.69) is 26.7 Å². The first-order chi connectivity index (χ1) is 5.86. The van der Waals surface area contributed by atoms with Crippen molar-refractivity contribution in [3.63, 3.8) is 0 Å². The minimum absolute atomic E-state index is 0.397. The van der Waals surface area contributed by atoms with Gasteiger partial charge in [-0.1, -0.05) is 0 Å². The second-order valence-electron chi connectivity index (χ2n) is 2.18. The Kier molecular flexibility index (Phi) is 1.55. The number of halogens is 1. The Labute approximate surface area is 67.4 Å². The number of aromatic nitrogens is 4. The second kappa shape index (κ2) is 2.69. The summed E-state index contributed by atoms with van der Waals surface area (Å²) >= 11 is 0. The van der Waals surface area contributed by atoms with Crippen LogP contribution < -0.4 is 0 Å². The van der Waals surface area contributed by atoms with E-state index in [-0.39, 0.29) is 0 Å². The Morgan fingerprint density at radius 3 is 2.92 bits per heavy atom. The van der Waals surface area contributed by atoms with Gasteiger partial charge in [-0.05, 0) is 28.6 Å². The first-order valence-corrected chi connectivity index (χ1v) is 3.27. The molecule has 0 aliphatic carbocycles. The summed E-state index contributed by atoms with van der Waals surface area (Å²) in [4.78, 5) is 0. The van der Waals surface area contributed by atoms with E-state index in [1.165, 1.54) is 12.1 Å². The fourth-order valence-electron chi connectivity index (χ4n) is 0.835. The molecule has 0 bridgehead atoms. The highest BCUT2D eigenvalue weighted by Gasteiger charge is 2.00. The molecule has 1 aromatic heterocycles. The van der Waals surface area contributed by atoms with Crippen molar-refractivity contribution in [1.82, 2.24) is 20.6 Å². The van der Waals surface area contributed by atoms with E-state index in [1.807, 2.05) is 0 Å². The summed E-state index contributed by atoms with van der Waals surface area (Å²) in [6.45, 7) is 0. The summed E-state index contributed by atoms with van der Waals surface area (Å²) in [5, 5.41) is 13.0. The van der Waals surface area contributed by atoms with Crippen molar-refractivity contribution in [2.24, 2.45) is 0 Å². The molecule has 0 aliphatic rings. The number of rotatable bonds is 1. The molecule has 5 heteroatoms. The van der Waals surface area contributed by atoms with Crippen LogP contribution in [0.1, 0.15) is 0 Å². The molecule has 0 unspecified atom stereocenters. The van der Waals surface area contributed by atoms with Crippen molar-refractivity contribution in [3.05, 3.63) is 30.1 Å². The summed E-state index contributed by atoms with van der Waals surface area (Å²) in [5.74, 6) is 0.109. The van der Waals surface area contributed by atoms with Crippen LogP contribution in [-0.2, 0) is 0 Å². The van der Waals surface area contributed by atoms with Crippen molar-refractivity contribution in [1.29, 1.82) is 0 Å². The zero-order chi connectivity index (χ0) is 8.39.